The Morgan fingerprint density at radius 3 is 2.28 bits per heavy atom. The summed E-state index contributed by atoms with van der Waals surface area (Å²) in [6, 6.07) is 0. The first-order valence-electron chi connectivity index (χ1n) is 18.8. The van der Waals surface area contributed by atoms with Crippen molar-refractivity contribution in [1.29, 1.82) is 0 Å². The van der Waals surface area contributed by atoms with Crippen LogP contribution in [-0.2, 0) is 38.0 Å². The molecule has 9 nitrogen and oxygen atoms in total. The molecule has 0 aromatic carbocycles. The summed E-state index contributed by atoms with van der Waals surface area (Å²) in [6.07, 6.45) is 9.54. The van der Waals surface area contributed by atoms with Crippen LogP contribution in [0.5, 0.6) is 0 Å². The standard InChI is InChI=1S/C38H66O9/c1-8-25(2)36(41)47-29-15-16-37(5)28(23-29)10-11-30-32-13-12-31(38(32,6)34(39)24-33(30)37)26(3)9-14-35(40)46-27(4)45-22-21-44-20-19-43-18-17-42-7/h25-34,39H,8-24H2,1-7H3/t25?,26?,27?,28?,29?,30?,31?,32?,33?,34?,37-,38+/m0/s1. The molecule has 0 saturated heterocycles. The van der Waals surface area contributed by atoms with E-state index in [1.165, 1.54) is 12.8 Å². The molecule has 272 valence electrons. The molecule has 4 fully saturated rings. The van der Waals surface area contributed by atoms with Crippen LogP contribution < -0.4 is 0 Å². The van der Waals surface area contributed by atoms with E-state index in [4.69, 9.17) is 28.4 Å². The molecular formula is C38H66O9. The summed E-state index contributed by atoms with van der Waals surface area (Å²) < 4.78 is 32.9. The highest BCUT2D eigenvalue weighted by atomic mass is 16.7. The summed E-state index contributed by atoms with van der Waals surface area (Å²) in [4.78, 5) is 25.2. The quantitative estimate of drug-likeness (QED) is 0.0986. The minimum Gasteiger partial charge on any atom is -0.462 e. The predicted octanol–water partition coefficient (Wildman–Crippen LogP) is 6.58. The van der Waals surface area contributed by atoms with Gasteiger partial charge in [-0.15, -0.1) is 0 Å². The number of methoxy groups -OCH3 is 1. The Morgan fingerprint density at radius 1 is 0.872 bits per heavy atom. The Morgan fingerprint density at radius 2 is 1.57 bits per heavy atom. The van der Waals surface area contributed by atoms with Gasteiger partial charge in [-0.1, -0.05) is 34.6 Å². The SMILES string of the molecule is CCC(C)C(=O)OC1CC[C@@]2(C)C(CCC3C2CC(O)[C@]2(C)C(C(C)CCC(=O)OC(C)OCCOCCOCCOC)CCC32)C1. The van der Waals surface area contributed by atoms with Gasteiger partial charge in [0, 0.05) is 13.5 Å². The van der Waals surface area contributed by atoms with Crippen molar-refractivity contribution < 1.29 is 43.1 Å². The van der Waals surface area contributed by atoms with Gasteiger partial charge < -0.3 is 33.5 Å². The zero-order chi connectivity index (χ0) is 34.2. The van der Waals surface area contributed by atoms with Gasteiger partial charge in [-0.25, -0.2) is 0 Å². The third kappa shape index (κ3) is 9.11. The lowest BCUT2D eigenvalue weighted by Crippen LogP contribution is -2.59. The van der Waals surface area contributed by atoms with Gasteiger partial charge in [-0.2, -0.15) is 0 Å². The molecule has 4 rings (SSSR count). The fourth-order valence-electron chi connectivity index (χ4n) is 10.3. The molecule has 0 heterocycles. The van der Waals surface area contributed by atoms with E-state index in [0.29, 0.717) is 81.6 Å². The number of fused-ring (bicyclic) bond motifs is 5. The summed E-state index contributed by atoms with van der Waals surface area (Å²) >= 11 is 0. The maximum atomic E-state index is 12.7. The van der Waals surface area contributed by atoms with Crippen molar-refractivity contribution in [3.05, 3.63) is 0 Å². The van der Waals surface area contributed by atoms with Crippen molar-refractivity contribution in [3.63, 3.8) is 0 Å². The highest BCUT2D eigenvalue weighted by Gasteiger charge is 2.63. The van der Waals surface area contributed by atoms with Crippen LogP contribution in [0, 0.1) is 52.3 Å². The Bertz CT molecular complexity index is 990. The first kappa shape index (κ1) is 38.5. The summed E-state index contributed by atoms with van der Waals surface area (Å²) in [5, 5.41) is 11.9. The van der Waals surface area contributed by atoms with Crippen molar-refractivity contribution in [1.82, 2.24) is 0 Å². The maximum Gasteiger partial charge on any atom is 0.308 e. The van der Waals surface area contributed by atoms with Crippen LogP contribution in [0.1, 0.15) is 112 Å². The van der Waals surface area contributed by atoms with Crippen LogP contribution in [0.15, 0.2) is 0 Å². The Kier molecular flexibility index (Phi) is 14.4. The monoisotopic (exact) mass is 666 g/mol. The second kappa shape index (κ2) is 17.6. The topological polar surface area (TPSA) is 110 Å². The summed E-state index contributed by atoms with van der Waals surface area (Å²) in [5.41, 5.74) is 0.0727. The molecule has 0 radical (unpaired) electrons. The lowest BCUT2D eigenvalue weighted by molar-refractivity contribution is -0.183. The second-order valence-corrected chi connectivity index (χ2v) is 15.8. The number of aliphatic hydroxyl groups excluding tert-OH is 1. The molecule has 9 heteroatoms. The largest absolute Gasteiger partial charge is 0.462 e. The van der Waals surface area contributed by atoms with Gasteiger partial charge in [0.25, 0.3) is 0 Å². The number of hydrogen-bond donors (Lipinski definition) is 1. The molecule has 0 aliphatic heterocycles. The van der Waals surface area contributed by atoms with Gasteiger partial charge in [-0.3, -0.25) is 9.59 Å². The molecule has 12 atom stereocenters. The predicted molar refractivity (Wildman–Crippen MR) is 179 cm³/mol. The molecule has 0 bridgehead atoms. The fraction of sp³-hybridized carbons (Fsp3) is 0.947. The number of carbonyl (C=O) groups excluding carboxylic acids is 2. The van der Waals surface area contributed by atoms with Crippen molar-refractivity contribution in [2.45, 2.75) is 131 Å². The molecule has 4 aliphatic carbocycles. The van der Waals surface area contributed by atoms with E-state index in [-0.39, 0.29) is 40.9 Å². The average molecular weight is 667 g/mol. The first-order valence-corrected chi connectivity index (χ1v) is 18.8. The van der Waals surface area contributed by atoms with E-state index in [0.717, 1.165) is 51.4 Å². The van der Waals surface area contributed by atoms with E-state index in [2.05, 4.69) is 20.8 Å². The number of carbonyl (C=O) groups is 2. The third-order valence-electron chi connectivity index (χ3n) is 13.3. The fourth-order valence-corrected chi connectivity index (χ4v) is 10.3. The minimum absolute atomic E-state index is 0.0372. The summed E-state index contributed by atoms with van der Waals surface area (Å²) in [6.45, 7) is 15.7. The van der Waals surface area contributed by atoms with Gasteiger partial charge in [0.1, 0.15) is 6.10 Å². The number of esters is 2. The second-order valence-electron chi connectivity index (χ2n) is 15.8. The highest BCUT2D eigenvalue weighted by molar-refractivity contribution is 5.72. The zero-order valence-electron chi connectivity index (χ0n) is 30.5. The Labute approximate surface area is 284 Å². The molecule has 0 aromatic heterocycles. The van der Waals surface area contributed by atoms with Gasteiger partial charge in [0.15, 0.2) is 6.29 Å². The van der Waals surface area contributed by atoms with Crippen molar-refractivity contribution in [3.8, 4) is 0 Å². The van der Waals surface area contributed by atoms with Crippen LogP contribution in [-0.4, -0.2) is 82.3 Å². The van der Waals surface area contributed by atoms with Gasteiger partial charge in [0.05, 0.1) is 51.7 Å². The van der Waals surface area contributed by atoms with Gasteiger partial charge >= 0.3 is 11.9 Å². The maximum absolute atomic E-state index is 12.7. The van der Waals surface area contributed by atoms with E-state index in [1.807, 2.05) is 13.8 Å². The highest BCUT2D eigenvalue weighted by Crippen LogP contribution is 2.68. The van der Waals surface area contributed by atoms with Gasteiger partial charge in [-0.05, 0) is 117 Å². The zero-order valence-corrected chi connectivity index (χ0v) is 30.5. The number of hydrogen-bond acceptors (Lipinski definition) is 9. The molecule has 47 heavy (non-hydrogen) atoms. The molecule has 0 spiro atoms. The molecule has 4 aliphatic rings. The van der Waals surface area contributed by atoms with E-state index in [9.17, 15) is 14.7 Å². The van der Waals surface area contributed by atoms with Gasteiger partial charge in [0.2, 0.25) is 0 Å². The minimum atomic E-state index is -0.622. The van der Waals surface area contributed by atoms with Crippen LogP contribution in [0.2, 0.25) is 0 Å². The molecule has 10 unspecified atom stereocenters. The molecule has 0 aromatic rings. The summed E-state index contributed by atoms with van der Waals surface area (Å²) in [7, 11) is 1.64. The molecule has 1 N–H and O–H groups in total. The van der Waals surface area contributed by atoms with Crippen molar-refractivity contribution >= 4 is 11.9 Å². The van der Waals surface area contributed by atoms with E-state index >= 15 is 0 Å². The van der Waals surface area contributed by atoms with Crippen LogP contribution in [0.4, 0.5) is 0 Å². The molecule has 0 amide bonds. The van der Waals surface area contributed by atoms with Crippen LogP contribution in [0.3, 0.4) is 0 Å². The third-order valence-corrected chi connectivity index (χ3v) is 13.3. The number of ether oxygens (including phenoxy) is 6. The number of aliphatic hydroxyl groups is 1. The first-order chi connectivity index (χ1) is 22.4. The summed E-state index contributed by atoms with van der Waals surface area (Å²) in [5.74, 6) is 2.61. The van der Waals surface area contributed by atoms with Crippen LogP contribution >= 0.6 is 0 Å². The van der Waals surface area contributed by atoms with Crippen molar-refractivity contribution in [2.75, 3.05) is 46.8 Å². The lowest BCUT2D eigenvalue weighted by atomic mass is 9.43. The Hall–Kier alpha value is -1.26. The lowest BCUT2D eigenvalue weighted by Gasteiger charge is -2.62. The van der Waals surface area contributed by atoms with Crippen LogP contribution in [0.25, 0.3) is 0 Å². The van der Waals surface area contributed by atoms with Crippen molar-refractivity contribution in [2.24, 2.45) is 52.3 Å². The normalized spacial score (nSPS) is 36.8. The Balaban J connectivity index is 1.22. The van der Waals surface area contributed by atoms with E-state index < -0.39 is 6.29 Å². The molecular weight excluding hydrogens is 600 g/mol. The smallest absolute Gasteiger partial charge is 0.308 e. The van der Waals surface area contributed by atoms with E-state index in [1.54, 1.807) is 14.0 Å². The average Bonchev–Trinajstić information content (AvgIpc) is 3.41. The number of rotatable bonds is 18. The molecule has 4 saturated carbocycles.